The second kappa shape index (κ2) is 7.33. The van der Waals surface area contributed by atoms with Gasteiger partial charge in [-0.2, -0.15) is 0 Å². The third kappa shape index (κ3) is 3.98. The number of hydrogen-bond acceptors (Lipinski definition) is 4. The van der Waals surface area contributed by atoms with Crippen molar-refractivity contribution >= 4 is 5.91 Å². The van der Waals surface area contributed by atoms with Crippen molar-refractivity contribution in [2.24, 2.45) is 0 Å². The van der Waals surface area contributed by atoms with Crippen LogP contribution in [0.15, 0.2) is 30.7 Å². The summed E-state index contributed by atoms with van der Waals surface area (Å²) in [5.74, 6) is 1.05. The Balaban J connectivity index is 1.96. The Morgan fingerprint density at radius 3 is 2.90 bits per heavy atom. The Hall–Kier alpha value is -2.50. The number of methoxy groups -OCH3 is 1. The molecule has 21 heavy (non-hydrogen) atoms. The first kappa shape index (κ1) is 14.9. The minimum Gasteiger partial charge on any atom is -0.493 e. The smallest absolute Gasteiger partial charge is 0.251 e. The lowest BCUT2D eigenvalue weighted by atomic mass is 10.2. The van der Waals surface area contributed by atoms with Gasteiger partial charge in [-0.05, 0) is 25.1 Å². The molecule has 2 rings (SSSR count). The predicted molar refractivity (Wildman–Crippen MR) is 78.8 cm³/mol. The minimum atomic E-state index is -0.141. The zero-order valence-corrected chi connectivity index (χ0v) is 12.2. The minimum absolute atomic E-state index is 0.141. The molecule has 0 saturated carbocycles. The number of aromatic amines is 1. The van der Waals surface area contributed by atoms with Gasteiger partial charge in [0.05, 0.1) is 20.0 Å². The number of rotatable bonds is 7. The Labute approximate surface area is 123 Å². The first-order valence-electron chi connectivity index (χ1n) is 6.81. The molecule has 1 aromatic carbocycles. The number of amides is 1. The molecule has 6 heteroatoms. The van der Waals surface area contributed by atoms with Crippen LogP contribution in [0, 0.1) is 0 Å². The fourth-order valence-corrected chi connectivity index (χ4v) is 1.92. The van der Waals surface area contributed by atoms with Gasteiger partial charge < -0.3 is 19.8 Å². The molecular formula is C15H19N3O3. The van der Waals surface area contributed by atoms with E-state index in [2.05, 4.69) is 15.3 Å². The summed E-state index contributed by atoms with van der Waals surface area (Å²) < 4.78 is 10.7. The van der Waals surface area contributed by atoms with Gasteiger partial charge in [0, 0.05) is 30.4 Å². The van der Waals surface area contributed by atoms with Gasteiger partial charge in [-0.1, -0.05) is 0 Å². The highest BCUT2D eigenvalue weighted by Crippen LogP contribution is 2.27. The maximum Gasteiger partial charge on any atom is 0.251 e. The molecule has 2 N–H and O–H groups in total. The molecule has 0 fully saturated rings. The highest BCUT2D eigenvalue weighted by Gasteiger charge is 2.10. The molecule has 0 radical (unpaired) electrons. The number of nitrogens with zero attached hydrogens (tertiary/aromatic N) is 1. The van der Waals surface area contributed by atoms with Gasteiger partial charge in [-0.15, -0.1) is 0 Å². The normalized spacial score (nSPS) is 10.2. The van der Waals surface area contributed by atoms with E-state index in [-0.39, 0.29) is 5.91 Å². The van der Waals surface area contributed by atoms with Gasteiger partial charge >= 0.3 is 0 Å². The molecular weight excluding hydrogens is 270 g/mol. The molecule has 0 bridgehead atoms. The van der Waals surface area contributed by atoms with E-state index in [1.54, 1.807) is 37.8 Å². The fourth-order valence-electron chi connectivity index (χ4n) is 1.92. The van der Waals surface area contributed by atoms with E-state index in [9.17, 15) is 4.79 Å². The summed E-state index contributed by atoms with van der Waals surface area (Å²) in [6, 6.07) is 5.13. The van der Waals surface area contributed by atoms with E-state index in [1.807, 2.05) is 6.92 Å². The van der Waals surface area contributed by atoms with Crippen LogP contribution in [0.4, 0.5) is 0 Å². The lowest BCUT2D eigenvalue weighted by molar-refractivity contribution is 0.0953. The van der Waals surface area contributed by atoms with Crippen LogP contribution in [0.3, 0.4) is 0 Å². The molecule has 0 unspecified atom stereocenters. The van der Waals surface area contributed by atoms with Crippen molar-refractivity contribution in [3.8, 4) is 11.5 Å². The third-order valence-electron chi connectivity index (χ3n) is 2.96. The summed E-state index contributed by atoms with van der Waals surface area (Å²) >= 11 is 0. The Morgan fingerprint density at radius 1 is 1.38 bits per heavy atom. The number of hydrogen-bond donors (Lipinski definition) is 2. The zero-order valence-electron chi connectivity index (χ0n) is 12.2. The average Bonchev–Trinajstić information content (AvgIpc) is 3.00. The van der Waals surface area contributed by atoms with Crippen LogP contribution in [0.5, 0.6) is 11.5 Å². The maximum absolute atomic E-state index is 12.1. The number of imidazole rings is 1. The number of carbonyl (C=O) groups excluding carboxylic acids is 1. The lowest BCUT2D eigenvalue weighted by Crippen LogP contribution is -2.25. The highest BCUT2D eigenvalue weighted by molar-refractivity contribution is 5.94. The summed E-state index contributed by atoms with van der Waals surface area (Å²) in [4.78, 5) is 19.0. The molecule has 1 heterocycles. The largest absolute Gasteiger partial charge is 0.493 e. The van der Waals surface area contributed by atoms with Crippen molar-refractivity contribution in [3.05, 3.63) is 42.0 Å². The Kier molecular flexibility index (Phi) is 5.20. The van der Waals surface area contributed by atoms with Gasteiger partial charge in [0.2, 0.25) is 0 Å². The van der Waals surface area contributed by atoms with Gasteiger partial charge in [-0.3, -0.25) is 4.79 Å². The summed E-state index contributed by atoms with van der Waals surface area (Å²) in [5.41, 5.74) is 1.53. The first-order chi connectivity index (χ1) is 10.2. The molecule has 1 amide bonds. The van der Waals surface area contributed by atoms with Crippen LogP contribution in [-0.4, -0.2) is 36.1 Å². The topological polar surface area (TPSA) is 76.2 Å². The fraction of sp³-hybridized carbons (Fsp3) is 0.333. The van der Waals surface area contributed by atoms with E-state index in [0.717, 1.165) is 5.69 Å². The molecule has 0 aliphatic rings. The van der Waals surface area contributed by atoms with E-state index in [1.165, 1.54) is 0 Å². The maximum atomic E-state index is 12.1. The van der Waals surface area contributed by atoms with Gasteiger partial charge in [0.15, 0.2) is 11.5 Å². The SMILES string of the molecule is CCOc1cc(C(=O)NCCc2cnc[nH]2)ccc1OC. The van der Waals surface area contributed by atoms with E-state index in [0.29, 0.717) is 36.6 Å². The van der Waals surface area contributed by atoms with Crippen LogP contribution < -0.4 is 14.8 Å². The van der Waals surface area contributed by atoms with Crippen molar-refractivity contribution in [3.63, 3.8) is 0 Å². The summed E-state index contributed by atoms with van der Waals surface area (Å²) in [6.45, 7) is 2.94. The van der Waals surface area contributed by atoms with Crippen LogP contribution in [0.1, 0.15) is 23.0 Å². The number of nitrogens with one attached hydrogen (secondary N) is 2. The van der Waals surface area contributed by atoms with Gasteiger partial charge in [-0.25, -0.2) is 4.98 Å². The molecule has 0 atom stereocenters. The van der Waals surface area contributed by atoms with Crippen LogP contribution in [0.2, 0.25) is 0 Å². The summed E-state index contributed by atoms with van der Waals surface area (Å²) in [7, 11) is 1.57. The van der Waals surface area contributed by atoms with E-state index < -0.39 is 0 Å². The van der Waals surface area contributed by atoms with Gasteiger partial charge in [0.25, 0.3) is 5.91 Å². The van der Waals surface area contributed by atoms with Crippen molar-refractivity contribution in [1.29, 1.82) is 0 Å². The molecule has 0 spiro atoms. The monoisotopic (exact) mass is 289 g/mol. The van der Waals surface area contributed by atoms with Gasteiger partial charge in [0.1, 0.15) is 0 Å². The molecule has 112 valence electrons. The third-order valence-corrected chi connectivity index (χ3v) is 2.96. The van der Waals surface area contributed by atoms with Crippen molar-refractivity contribution in [2.45, 2.75) is 13.3 Å². The van der Waals surface area contributed by atoms with E-state index >= 15 is 0 Å². The highest BCUT2D eigenvalue weighted by atomic mass is 16.5. The van der Waals surface area contributed by atoms with Crippen molar-refractivity contribution in [1.82, 2.24) is 15.3 Å². The molecule has 0 saturated heterocycles. The number of benzene rings is 1. The van der Waals surface area contributed by atoms with Crippen molar-refractivity contribution in [2.75, 3.05) is 20.3 Å². The summed E-state index contributed by atoms with van der Waals surface area (Å²) in [5, 5.41) is 2.86. The predicted octanol–water partition coefficient (Wildman–Crippen LogP) is 1.79. The molecule has 6 nitrogen and oxygen atoms in total. The van der Waals surface area contributed by atoms with Crippen LogP contribution >= 0.6 is 0 Å². The zero-order chi connectivity index (χ0) is 15.1. The van der Waals surface area contributed by atoms with Crippen LogP contribution in [-0.2, 0) is 6.42 Å². The molecule has 2 aromatic rings. The molecule has 0 aliphatic carbocycles. The number of ether oxygens (including phenoxy) is 2. The number of aromatic nitrogens is 2. The first-order valence-corrected chi connectivity index (χ1v) is 6.81. The number of carbonyl (C=O) groups is 1. The number of H-pyrrole nitrogens is 1. The standard InChI is InChI=1S/C15H19N3O3/c1-3-21-14-8-11(4-5-13(14)20-2)15(19)17-7-6-12-9-16-10-18-12/h4-5,8-10H,3,6-7H2,1-2H3,(H,16,18)(H,17,19). The molecule has 0 aliphatic heterocycles. The Morgan fingerprint density at radius 2 is 2.24 bits per heavy atom. The van der Waals surface area contributed by atoms with Crippen molar-refractivity contribution < 1.29 is 14.3 Å². The van der Waals surface area contributed by atoms with E-state index in [4.69, 9.17) is 9.47 Å². The summed E-state index contributed by atoms with van der Waals surface area (Å²) in [6.07, 6.45) is 4.07. The molecule has 1 aromatic heterocycles. The second-order valence-corrected chi connectivity index (χ2v) is 4.38. The quantitative estimate of drug-likeness (QED) is 0.814. The van der Waals surface area contributed by atoms with Crippen LogP contribution in [0.25, 0.3) is 0 Å². The lowest BCUT2D eigenvalue weighted by Gasteiger charge is -2.11. The average molecular weight is 289 g/mol. The second-order valence-electron chi connectivity index (χ2n) is 4.38. The Bertz CT molecular complexity index is 582.